The van der Waals surface area contributed by atoms with Crippen LogP contribution in [0.3, 0.4) is 0 Å². The van der Waals surface area contributed by atoms with Crippen molar-refractivity contribution in [3.05, 3.63) is 72.8 Å². The van der Waals surface area contributed by atoms with Gasteiger partial charge < -0.3 is 0 Å². The number of nitrogens with one attached hydrogen (secondary N) is 1. The van der Waals surface area contributed by atoms with Crippen molar-refractivity contribution >= 4 is 72.7 Å². The van der Waals surface area contributed by atoms with Gasteiger partial charge in [0.15, 0.2) is 0 Å². The van der Waals surface area contributed by atoms with Crippen LogP contribution >= 0.6 is 35.7 Å². The minimum atomic E-state index is -4.22. The van der Waals surface area contributed by atoms with Crippen LogP contribution in [0.2, 0.25) is 0 Å². The lowest BCUT2D eigenvalue weighted by atomic mass is 10.2. The predicted molar refractivity (Wildman–Crippen MR) is 162 cm³/mol. The molecule has 42 heavy (non-hydrogen) atoms. The number of benzene rings is 2. The number of para-hydroxylation sites is 2. The van der Waals surface area contributed by atoms with E-state index in [0.717, 1.165) is 31.0 Å². The number of imidazole rings is 1. The number of carbonyl (C=O) groups is 1. The lowest BCUT2D eigenvalue weighted by Crippen LogP contribution is -2.61. The Hall–Kier alpha value is -2.57. The van der Waals surface area contributed by atoms with E-state index in [9.17, 15) is 31.2 Å². The Labute approximate surface area is 256 Å². The van der Waals surface area contributed by atoms with Crippen molar-refractivity contribution in [2.75, 3.05) is 31.1 Å². The third-order valence-electron chi connectivity index (χ3n) is 6.57. The molecule has 1 aliphatic heterocycles. The zero-order valence-corrected chi connectivity index (χ0v) is 25.9. The fraction of sp³-hybridized carbons (Fsp3) is 0.280. The van der Waals surface area contributed by atoms with Gasteiger partial charge in [0.1, 0.15) is 22.4 Å². The van der Waals surface area contributed by atoms with Crippen molar-refractivity contribution in [2.24, 2.45) is 0 Å². The molecule has 226 valence electrons. The first-order chi connectivity index (χ1) is 19.6. The molecule has 2 N–H and O–H groups in total. The van der Waals surface area contributed by atoms with Crippen LogP contribution in [0.15, 0.2) is 71.2 Å². The number of amides is 1. The zero-order chi connectivity index (χ0) is 29.2. The molecule has 0 aliphatic carbocycles. The van der Waals surface area contributed by atoms with Crippen LogP contribution in [0.5, 0.6) is 0 Å². The van der Waals surface area contributed by atoms with Crippen molar-refractivity contribution in [2.45, 2.75) is 16.7 Å². The van der Waals surface area contributed by atoms with Crippen LogP contribution in [-0.2, 0) is 24.8 Å². The molecule has 11 nitrogen and oxygen atoms in total. The van der Waals surface area contributed by atoms with Gasteiger partial charge in [-0.3, -0.25) is 14.0 Å². The molecule has 0 unspecified atom stereocenters. The lowest BCUT2D eigenvalue weighted by Gasteiger charge is -2.38. The number of sulfonamides is 2. The molecule has 4 aromatic rings. The highest BCUT2D eigenvalue weighted by atomic mass is 35.5. The molecule has 2 aromatic carbocycles. The van der Waals surface area contributed by atoms with Gasteiger partial charge >= 0.3 is 0 Å². The molecule has 0 spiro atoms. The van der Waals surface area contributed by atoms with Crippen LogP contribution in [-0.4, -0.2) is 82.7 Å². The Bertz CT molecular complexity index is 1760. The average molecular weight is 676 g/mol. The maximum Gasteiger partial charge on any atom is 0.263 e. The molecule has 3 heterocycles. The third kappa shape index (κ3) is 6.81. The normalized spacial score (nSPS) is 16.8. The van der Waals surface area contributed by atoms with Crippen LogP contribution in [0.25, 0.3) is 21.5 Å². The lowest BCUT2D eigenvalue weighted by molar-refractivity contribution is -0.134. The number of halogens is 2. The average Bonchev–Trinajstić information content (AvgIpc) is 3.63. The van der Waals surface area contributed by atoms with E-state index < -0.39 is 44.4 Å². The summed E-state index contributed by atoms with van der Waals surface area (Å²) >= 11 is 2.37. The highest BCUT2D eigenvalue weighted by Crippen LogP contribution is 2.34. The first-order valence-corrected chi connectivity index (χ1v) is 17.3. The number of hydrogen-bond donors (Lipinski definition) is 2. The van der Waals surface area contributed by atoms with E-state index in [4.69, 9.17) is 0 Å². The summed E-state index contributed by atoms with van der Waals surface area (Å²) in [5.74, 6) is -1.16. The second-order valence-corrected chi connectivity index (χ2v) is 15.5. The van der Waals surface area contributed by atoms with Crippen molar-refractivity contribution in [1.82, 2.24) is 23.0 Å². The van der Waals surface area contributed by atoms with Gasteiger partial charge in [0.05, 0.1) is 16.8 Å². The molecule has 1 fully saturated rings. The second kappa shape index (κ2) is 13.4. The zero-order valence-electron chi connectivity index (χ0n) is 21.9. The summed E-state index contributed by atoms with van der Waals surface area (Å²) in [6.07, 6.45) is 1.99. The largest absolute Gasteiger partial charge is 0.289 e. The molecule has 1 amide bonds. The number of carbonyl (C=O) groups excluding carboxylic acids is 1. The summed E-state index contributed by atoms with van der Waals surface area (Å²) in [6, 6.07) is 14.7. The van der Waals surface area contributed by atoms with Gasteiger partial charge in [-0.15, -0.1) is 23.7 Å². The number of hydroxylamine groups is 1. The second-order valence-electron chi connectivity index (χ2n) is 9.15. The molecular formula is C25H27ClFN5O6S4. The SMILES string of the molecule is Cl.O=C(NO)[C@H]1CN(S(=O)(=O)CCCSn2cnc3ccccc32)CCN1S(=O)(=O)c1ccc(-c2ccc(F)cc2)s1. The summed E-state index contributed by atoms with van der Waals surface area (Å²) in [5, 5.41) is 9.32. The van der Waals surface area contributed by atoms with Crippen molar-refractivity contribution in [3.63, 3.8) is 0 Å². The van der Waals surface area contributed by atoms with E-state index >= 15 is 0 Å². The first-order valence-electron chi connectivity index (χ1n) is 12.4. The fourth-order valence-electron chi connectivity index (χ4n) is 4.49. The monoisotopic (exact) mass is 675 g/mol. The van der Waals surface area contributed by atoms with Gasteiger partial charge in [-0.2, -0.15) is 8.61 Å². The van der Waals surface area contributed by atoms with E-state index in [0.29, 0.717) is 22.6 Å². The maximum absolute atomic E-state index is 13.5. The minimum absolute atomic E-state index is 0. The molecule has 1 saturated heterocycles. The Morgan fingerprint density at radius 2 is 1.81 bits per heavy atom. The maximum atomic E-state index is 13.5. The summed E-state index contributed by atoms with van der Waals surface area (Å²) in [4.78, 5) is 17.4. The Morgan fingerprint density at radius 3 is 2.55 bits per heavy atom. The van der Waals surface area contributed by atoms with E-state index in [1.54, 1.807) is 12.4 Å². The molecule has 0 saturated carbocycles. The molecule has 2 aromatic heterocycles. The Balaban J connectivity index is 0.00000405. The predicted octanol–water partition coefficient (Wildman–Crippen LogP) is 3.42. The van der Waals surface area contributed by atoms with Crippen LogP contribution < -0.4 is 5.48 Å². The van der Waals surface area contributed by atoms with Crippen LogP contribution in [0.1, 0.15) is 6.42 Å². The molecule has 1 aliphatic rings. The number of fused-ring (bicyclic) bond motifs is 1. The molecule has 0 radical (unpaired) electrons. The van der Waals surface area contributed by atoms with Gasteiger partial charge in [0.2, 0.25) is 10.0 Å². The quantitative estimate of drug-likeness (QED) is 0.148. The summed E-state index contributed by atoms with van der Waals surface area (Å²) in [5.41, 5.74) is 3.85. The minimum Gasteiger partial charge on any atom is -0.289 e. The van der Waals surface area contributed by atoms with E-state index in [2.05, 4.69) is 4.98 Å². The highest BCUT2D eigenvalue weighted by molar-refractivity contribution is 7.98. The van der Waals surface area contributed by atoms with Crippen LogP contribution in [0.4, 0.5) is 4.39 Å². The van der Waals surface area contributed by atoms with Gasteiger partial charge in [-0.25, -0.2) is 31.7 Å². The summed E-state index contributed by atoms with van der Waals surface area (Å²) in [7, 11) is -8.05. The Kier molecular flexibility index (Phi) is 10.3. The van der Waals surface area contributed by atoms with E-state index in [-0.39, 0.29) is 35.5 Å². The van der Waals surface area contributed by atoms with E-state index in [1.807, 2.05) is 28.2 Å². The van der Waals surface area contributed by atoms with Crippen molar-refractivity contribution < 1.29 is 31.2 Å². The smallest absolute Gasteiger partial charge is 0.263 e. The topological polar surface area (TPSA) is 142 Å². The summed E-state index contributed by atoms with van der Waals surface area (Å²) < 4.78 is 70.4. The standard InChI is InChI=1S/C25H26FN5O6S4.ClH/c26-19-8-6-18(7-9-19)23-10-11-24(39-23)41(36,37)31-13-12-29(16-22(31)25(32)28-33)40(34,35)15-3-14-38-30-17-27-20-4-1-2-5-21(20)30;/h1-2,4-11,17,22,33H,3,12-16H2,(H,28,32);1H/t22-;/m1./s1. The molecule has 1 atom stereocenters. The van der Waals surface area contributed by atoms with Crippen molar-refractivity contribution in [3.8, 4) is 10.4 Å². The van der Waals surface area contributed by atoms with Crippen molar-refractivity contribution in [1.29, 1.82) is 0 Å². The number of thiophene rings is 1. The molecular weight excluding hydrogens is 649 g/mol. The van der Waals surface area contributed by atoms with Gasteiger partial charge in [-0.1, -0.05) is 24.3 Å². The van der Waals surface area contributed by atoms with Gasteiger partial charge in [0, 0.05) is 30.3 Å². The van der Waals surface area contributed by atoms with Gasteiger partial charge in [0.25, 0.3) is 15.9 Å². The molecule has 5 rings (SSSR count). The fourth-order valence-corrected chi connectivity index (χ4v) is 10.1. The number of rotatable bonds is 10. The Morgan fingerprint density at radius 1 is 1.07 bits per heavy atom. The van der Waals surface area contributed by atoms with Gasteiger partial charge in [-0.05, 0) is 60.3 Å². The molecule has 17 heteroatoms. The number of hydrogen-bond acceptors (Lipinski definition) is 9. The highest BCUT2D eigenvalue weighted by Gasteiger charge is 2.43. The third-order valence-corrected chi connectivity index (χ3v) is 13.0. The summed E-state index contributed by atoms with van der Waals surface area (Å²) in [6.45, 7) is -0.866. The first kappa shape index (κ1) is 32.3. The van der Waals surface area contributed by atoms with E-state index in [1.165, 1.54) is 47.8 Å². The number of aromatic nitrogens is 2. The number of piperazine rings is 1. The van der Waals surface area contributed by atoms with Crippen LogP contribution in [0, 0.1) is 5.82 Å². The molecule has 0 bridgehead atoms. The number of nitrogens with zero attached hydrogens (tertiary/aromatic N) is 4.